The van der Waals surface area contributed by atoms with Crippen molar-refractivity contribution in [2.45, 2.75) is 25.7 Å². The second-order valence-corrected chi connectivity index (χ2v) is 3.60. The number of nitrogens with two attached hydrogens (primary N) is 1. The van der Waals surface area contributed by atoms with Crippen LogP contribution in [0.5, 0.6) is 5.75 Å². The van der Waals surface area contributed by atoms with Gasteiger partial charge >= 0.3 is 0 Å². The molecule has 2 heteroatoms. The van der Waals surface area contributed by atoms with Crippen molar-refractivity contribution >= 4 is 0 Å². The second kappa shape index (κ2) is 3.38. The third-order valence-corrected chi connectivity index (χ3v) is 2.75. The van der Waals surface area contributed by atoms with E-state index in [-0.39, 0.29) is 0 Å². The van der Waals surface area contributed by atoms with Crippen LogP contribution in [0.4, 0.5) is 0 Å². The zero-order valence-corrected chi connectivity index (χ0v) is 7.71. The first-order valence-electron chi connectivity index (χ1n) is 4.85. The maximum absolute atomic E-state index is 9.89. The first-order valence-corrected chi connectivity index (χ1v) is 4.85. The minimum absolute atomic E-state index is 0.500. The van der Waals surface area contributed by atoms with Gasteiger partial charge in [-0.1, -0.05) is 12.1 Å². The van der Waals surface area contributed by atoms with Crippen LogP contribution in [0, 0.1) is 0 Å². The smallest absolute Gasteiger partial charge is 0.122 e. The second-order valence-electron chi connectivity index (χ2n) is 3.60. The van der Waals surface area contributed by atoms with Gasteiger partial charge in [-0.2, -0.15) is 0 Å². The molecule has 2 rings (SSSR count). The van der Waals surface area contributed by atoms with E-state index in [1.54, 1.807) is 0 Å². The van der Waals surface area contributed by atoms with Gasteiger partial charge in [-0.05, 0) is 48.9 Å². The number of hydrogen-bond acceptors (Lipinski definition) is 2. The highest BCUT2D eigenvalue weighted by molar-refractivity contribution is 5.47. The Morgan fingerprint density at radius 2 is 2.15 bits per heavy atom. The van der Waals surface area contributed by atoms with Crippen LogP contribution in [0.15, 0.2) is 12.1 Å². The molecule has 0 heterocycles. The van der Waals surface area contributed by atoms with Crippen LogP contribution in [-0.4, -0.2) is 11.7 Å². The number of rotatable bonds is 2. The maximum atomic E-state index is 9.89. The molecule has 13 heavy (non-hydrogen) atoms. The molecule has 0 aromatic heterocycles. The molecule has 1 aromatic carbocycles. The van der Waals surface area contributed by atoms with Crippen molar-refractivity contribution < 1.29 is 5.11 Å². The summed E-state index contributed by atoms with van der Waals surface area (Å²) in [6.07, 6.45) is 4.10. The standard InChI is InChI=1S/C11H15NO/c12-7-6-9-5-4-8-2-1-3-10(8)11(9)13/h4-5,13H,1-3,6-7,12H2. The van der Waals surface area contributed by atoms with Gasteiger partial charge in [-0.25, -0.2) is 0 Å². The van der Waals surface area contributed by atoms with Gasteiger partial charge < -0.3 is 10.8 Å². The van der Waals surface area contributed by atoms with Crippen molar-refractivity contribution in [1.82, 2.24) is 0 Å². The first-order chi connectivity index (χ1) is 6.33. The molecule has 3 N–H and O–H groups in total. The Balaban J connectivity index is 2.40. The lowest BCUT2D eigenvalue weighted by molar-refractivity contribution is 0.462. The average molecular weight is 177 g/mol. The molecule has 1 aliphatic carbocycles. The van der Waals surface area contributed by atoms with E-state index < -0.39 is 0 Å². The molecule has 1 aliphatic rings. The van der Waals surface area contributed by atoms with Gasteiger partial charge in [0.25, 0.3) is 0 Å². The SMILES string of the molecule is NCCc1ccc2c(c1O)CCC2. The van der Waals surface area contributed by atoms with Gasteiger partial charge in [0.15, 0.2) is 0 Å². The zero-order valence-electron chi connectivity index (χ0n) is 7.71. The van der Waals surface area contributed by atoms with Gasteiger partial charge in [0.1, 0.15) is 5.75 Å². The number of aryl methyl sites for hydroxylation is 1. The summed E-state index contributed by atoms with van der Waals surface area (Å²) in [6.45, 7) is 0.604. The Labute approximate surface area is 78.4 Å². The maximum Gasteiger partial charge on any atom is 0.122 e. The third kappa shape index (κ3) is 1.42. The minimum Gasteiger partial charge on any atom is -0.507 e. The van der Waals surface area contributed by atoms with E-state index in [0.29, 0.717) is 12.3 Å². The van der Waals surface area contributed by atoms with Gasteiger partial charge in [0.2, 0.25) is 0 Å². The fraction of sp³-hybridized carbons (Fsp3) is 0.455. The van der Waals surface area contributed by atoms with Crippen molar-refractivity contribution in [2.24, 2.45) is 5.73 Å². The monoisotopic (exact) mass is 177 g/mol. The Hall–Kier alpha value is -1.02. The Bertz CT molecular complexity index is 320. The number of phenols is 1. The molecule has 0 atom stereocenters. The molecule has 70 valence electrons. The fourth-order valence-electron chi connectivity index (χ4n) is 2.05. The highest BCUT2D eigenvalue weighted by Crippen LogP contribution is 2.32. The number of aromatic hydroxyl groups is 1. The molecule has 0 saturated carbocycles. The first kappa shape index (κ1) is 8.57. The van der Waals surface area contributed by atoms with Gasteiger partial charge in [-0.3, -0.25) is 0 Å². The van der Waals surface area contributed by atoms with Gasteiger partial charge in [0, 0.05) is 0 Å². The predicted molar refractivity (Wildman–Crippen MR) is 52.9 cm³/mol. The summed E-state index contributed by atoms with van der Waals surface area (Å²) >= 11 is 0. The van der Waals surface area contributed by atoms with E-state index >= 15 is 0 Å². The Kier molecular flexibility index (Phi) is 2.23. The van der Waals surface area contributed by atoms with E-state index in [9.17, 15) is 5.11 Å². The van der Waals surface area contributed by atoms with Crippen molar-refractivity contribution in [1.29, 1.82) is 0 Å². The van der Waals surface area contributed by atoms with Gasteiger partial charge in [0.05, 0.1) is 0 Å². The fourth-order valence-corrected chi connectivity index (χ4v) is 2.05. The molecule has 0 unspecified atom stereocenters. The van der Waals surface area contributed by atoms with Crippen LogP contribution in [0.2, 0.25) is 0 Å². The van der Waals surface area contributed by atoms with E-state index in [4.69, 9.17) is 5.73 Å². The number of benzene rings is 1. The van der Waals surface area contributed by atoms with E-state index in [2.05, 4.69) is 6.07 Å². The average Bonchev–Trinajstić information content (AvgIpc) is 2.58. The zero-order chi connectivity index (χ0) is 9.26. The molecule has 2 nitrogen and oxygen atoms in total. The van der Waals surface area contributed by atoms with Gasteiger partial charge in [-0.15, -0.1) is 0 Å². The van der Waals surface area contributed by atoms with Crippen LogP contribution in [0.3, 0.4) is 0 Å². The molecule has 0 fully saturated rings. The summed E-state index contributed by atoms with van der Waals surface area (Å²) in [5.74, 6) is 0.500. The largest absolute Gasteiger partial charge is 0.507 e. The van der Waals surface area contributed by atoms with Crippen LogP contribution in [0.1, 0.15) is 23.1 Å². The predicted octanol–water partition coefficient (Wildman–Crippen LogP) is 1.38. The van der Waals surface area contributed by atoms with Crippen molar-refractivity contribution in [3.05, 3.63) is 28.8 Å². The Morgan fingerprint density at radius 3 is 2.92 bits per heavy atom. The molecule has 0 aliphatic heterocycles. The van der Waals surface area contributed by atoms with Crippen LogP contribution < -0.4 is 5.73 Å². The van der Waals surface area contributed by atoms with E-state index in [1.165, 1.54) is 12.0 Å². The summed E-state index contributed by atoms with van der Waals surface area (Å²) < 4.78 is 0. The molecular formula is C11H15NO. The summed E-state index contributed by atoms with van der Waals surface area (Å²) in [5, 5.41) is 9.89. The summed E-state index contributed by atoms with van der Waals surface area (Å²) in [5.41, 5.74) is 8.94. The summed E-state index contributed by atoms with van der Waals surface area (Å²) in [4.78, 5) is 0. The molecule has 0 spiro atoms. The van der Waals surface area contributed by atoms with Crippen LogP contribution in [0.25, 0.3) is 0 Å². The summed E-state index contributed by atoms with van der Waals surface area (Å²) in [7, 11) is 0. The van der Waals surface area contributed by atoms with Crippen LogP contribution >= 0.6 is 0 Å². The highest BCUT2D eigenvalue weighted by atomic mass is 16.3. The number of phenolic OH excluding ortho intramolecular Hbond substituents is 1. The quantitative estimate of drug-likeness (QED) is 0.717. The topological polar surface area (TPSA) is 46.2 Å². The summed E-state index contributed by atoms with van der Waals surface area (Å²) in [6, 6.07) is 4.14. The lowest BCUT2D eigenvalue weighted by Gasteiger charge is -2.07. The van der Waals surface area contributed by atoms with E-state index in [0.717, 1.165) is 30.4 Å². The van der Waals surface area contributed by atoms with Crippen molar-refractivity contribution in [3.8, 4) is 5.75 Å². The number of fused-ring (bicyclic) bond motifs is 1. The van der Waals surface area contributed by atoms with Crippen molar-refractivity contribution in [2.75, 3.05) is 6.54 Å². The molecular weight excluding hydrogens is 162 g/mol. The van der Waals surface area contributed by atoms with Crippen LogP contribution in [-0.2, 0) is 19.3 Å². The lowest BCUT2D eigenvalue weighted by Crippen LogP contribution is -2.03. The third-order valence-electron chi connectivity index (χ3n) is 2.75. The highest BCUT2D eigenvalue weighted by Gasteiger charge is 2.16. The molecule has 1 aromatic rings. The Morgan fingerprint density at radius 1 is 1.31 bits per heavy atom. The molecule has 0 amide bonds. The lowest BCUT2D eigenvalue weighted by atomic mass is 10.0. The van der Waals surface area contributed by atoms with Crippen molar-refractivity contribution in [3.63, 3.8) is 0 Å². The molecule has 0 radical (unpaired) electrons. The van der Waals surface area contributed by atoms with E-state index in [1.807, 2.05) is 6.07 Å². The normalized spacial score (nSPS) is 14.5. The number of hydrogen-bond donors (Lipinski definition) is 2. The molecule has 0 bridgehead atoms. The minimum atomic E-state index is 0.500. The molecule has 0 saturated heterocycles.